The average Bonchev–Trinajstić information content (AvgIpc) is 3.35. The molecule has 1 amide bonds. The number of ether oxygens (including phenoxy) is 2. The molecule has 0 saturated carbocycles. The minimum atomic E-state index is -3.62. The van der Waals surface area contributed by atoms with Crippen molar-refractivity contribution in [3.8, 4) is 5.75 Å². The molecule has 3 heterocycles. The van der Waals surface area contributed by atoms with Gasteiger partial charge in [-0.15, -0.1) is 11.3 Å². The van der Waals surface area contributed by atoms with E-state index in [4.69, 9.17) is 9.47 Å². The molecule has 0 bridgehead atoms. The number of para-hydroxylation sites is 1. The summed E-state index contributed by atoms with van der Waals surface area (Å²) in [5.41, 5.74) is 0.896. The first-order valence-corrected chi connectivity index (χ1v) is 12.9. The van der Waals surface area contributed by atoms with Gasteiger partial charge in [0.15, 0.2) is 6.10 Å². The van der Waals surface area contributed by atoms with Gasteiger partial charge in [0.1, 0.15) is 9.96 Å². The van der Waals surface area contributed by atoms with Crippen LogP contribution in [0.25, 0.3) is 0 Å². The summed E-state index contributed by atoms with van der Waals surface area (Å²) in [4.78, 5) is 25.4. The molecule has 8 nitrogen and oxygen atoms in total. The van der Waals surface area contributed by atoms with Gasteiger partial charge in [0.2, 0.25) is 0 Å². The lowest BCUT2D eigenvalue weighted by Gasteiger charge is -2.31. The third-order valence-electron chi connectivity index (χ3n) is 5.74. The fourth-order valence-corrected chi connectivity index (χ4v) is 6.66. The normalized spacial score (nSPS) is 22.3. The summed E-state index contributed by atoms with van der Waals surface area (Å²) in [5, 5.41) is 4.64. The Morgan fingerprint density at radius 1 is 1.22 bits per heavy atom. The highest BCUT2D eigenvalue weighted by Gasteiger charge is 2.36. The molecule has 3 atom stereocenters. The highest BCUT2D eigenvalue weighted by atomic mass is 32.2. The molecule has 1 N–H and O–H groups in total. The minimum absolute atomic E-state index is 0.0563. The molecule has 2 aliphatic rings. The number of rotatable bonds is 6. The van der Waals surface area contributed by atoms with Crippen LogP contribution in [0, 0.1) is 5.92 Å². The molecule has 0 spiro atoms. The number of amides is 1. The van der Waals surface area contributed by atoms with Gasteiger partial charge in [-0.3, -0.25) is 9.59 Å². The minimum Gasteiger partial charge on any atom is -0.493 e. The van der Waals surface area contributed by atoms with Gasteiger partial charge < -0.3 is 14.8 Å². The molecule has 1 aromatic heterocycles. The first-order valence-electron chi connectivity index (χ1n) is 10.6. The topological polar surface area (TPSA) is 102 Å². The summed E-state index contributed by atoms with van der Waals surface area (Å²) < 4.78 is 38.2. The Hall–Kier alpha value is -2.43. The largest absolute Gasteiger partial charge is 0.493 e. The number of nitrogens with zero attached hydrogens (tertiary/aromatic N) is 1. The summed E-state index contributed by atoms with van der Waals surface area (Å²) >= 11 is 1.15. The van der Waals surface area contributed by atoms with Crippen LogP contribution in [0.3, 0.4) is 0 Å². The van der Waals surface area contributed by atoms with Crippen LogP contribution in [0.5, 0.6) is 5.75 Å². The smallest absolute Gasteiger partial charge is 0.311 e. The number of fused-ring (bicyclic) bond motifs is 1. The fourth-order valence-electron chi connectivity index (χ4n) is 4.00. The van der Waals surface area contributed by atoms with Gasteiger partial charge in [-0.25, -0.2) is 8.42 Å². The molecule has 1 saturated heterocycles. The second-order valence-corrected chi connectivity index (χ2v) is 11.1. The zero-order valence-electron chi connectivity index (χ0n) is 17.7. The van der Waals surface area contributed by atoms with Crippen LogP contribution in [0.4, 0.5) is 0 Å². The van der Waals surface area contributed by atoms with Crippen LogP contribution >= 0.6 is 11.3 Å². The SMILES string of the molecule is CC(OC(=O)C1CCCN(S(=O)(=O)c2cccs2)C1)C(=O)NC1CCOc2ccccc21. The molecular weight excluding hydrogens is 452 g/mol. The summed E-state index contributed by atoms with van der Waals surface area (Å²) in [6.45, 7) is 2.44. The first-order chi connectivity index (χ1) is 15.4. The average molecular weight is 479 g/mol. The molecular formula is C22H26N2O6S2. The van der Waals surface area contributed by atoms with Crippen molar-refractivity contribution in [2.75, 3.05) is 19.7 Å². The van der Waals surface area contributed by atoms with Crippen molar-refractivity contribution < 1.29 is 27.5 Å². The highest BCUT2D eigenvalue weighted by Crippen LogP contribution is 2.32. The number of sulfonamides is 1. The molecule has 0 aliphatic carbocycles. The first kappa shape index (κ1) is 22.8. The number of thiophene rings is 1. The highest BCUT2D eigenvalue weighted by molar-refractivity contribution is 7.91. The maximum Gasteiger partial charge on any atom is 0.311 e. The van der Waals surface area contributed by atoms with Crippen LogP contribution in [0.2, 0.25) is 0 Å². The number of nitrogens with one attached hydrogen (secondary N) is 1. The van der Waals surface area contributed by atoms with Crippen LogP contribution in [0.1, 0.15) is 37.8 Å². The number of carbonyl (C=O) groups excluding carboxylic acids is 2. The molecule has 2 aromatic rings. The fraction of sp³-hybridized carbons (Fsp3) is 0.455. The number of benzene rings is 1. The van der Waals surface area contributed by atoms with Crippen LogP contribution < -0.4 is 10.1 Å². The predicted octanol–water partition coefficient (Wildman–Crippen LogP) is 2.72. The summed E-state index contributed by atoms with van der Waals surface area (Å²) in [7, 11) is -3.62. The van der Waals surface area contributed by atoms with Gasteiger partial charge in [-0.2, -0.15) is 4.31 Å². The molecule has 10 heteroatoms. The van der Waals surface area contributed by atoms with Crippen LogP contribution in [0.15, 0.2) is 46.0 Å². The van der Waals surface area contributed by atoms with E-state index in [2.05, 4.69) is 5.32 Å². The number of hydrogen-bond acceptors (Lipinski definition) is 7. The van der Waals surface area contributed by atoms with Crippen molar-refractivity contribution in [3.63, 3.8) is 0 Å². The van der Waals surface area contributed by atoms with Gasteiger partial charge in [0.25, 0.3) is 15.9 Å². The van der Waals surface area contributed by atoms with Crippen LogP contribution in [-0.2, 0) is 24.3 Å². The second-order valence-electron chi connectivity index (χ2n) is 7.95. The van der Waals surface area contributed by atoms with Gasteiger partial charge in [-0.05, 0) is 37.3 Å². The lowest BCUT2D eigenvalue weighted by Crippen LogP contribution is -2.45. The van der Waals surface area contributed by atoms with E-state index in [1.54, 1.807) is 17.5 Å². The third-order valence-corrected chi connectivity index (χ3v) is 8.98. The molecule has 1 aromatic carbocycles. The summed E-state index contributed by atoms with van der Waals surface area (Å²) in [6.07, 6.45) is 0.726. The van der Waals surface area contributed by atoms with E-state index in [9.17, 15) is 18.0 Å². The standard InChI is InChI=1S/C22H26N2O6S2/c1-15(21(25)23-18-10-12-29-19-8-3-2-7-17(18)19)30-22(26)16-6-4-11-24(14-16)32(27,28)20-9-5-13-31-20/h2-3,5,7-9,13,15-16,18H,4,6,10-12,14H2,1H3,(H,23,25). The summed E-state index contributed by atoms with van der Waals surface area (Å²) in [6, 6.07) is 10.5. The molecule has 32 heavy (non-hydrogen) atoms. The maximum absolute atomic E-state index is 12.8. The Labute approximate surface area is 191 Å². The van der Waals surface area contributed by atoms with E-state index >= 15 is 0 Å². The lowest BCUT2D eigenvalue weighted by molar-refractivity contribution is -0.160. The number of piperidine rings is 1. The Kier molecular flexibility index (Phi) is 6.82. The molecule has 3 unspecified atom stereocenters. The molecule has 172 valence electrons. The molecule has 4 rings (SSSR count). The van der Waals surface area contributed by atoms with Gasteiger partial charge in [-0.1, -0.05) is 24.3 Å². The third kappa shape index (κ3) is 4.82. The Morgan fingerprint density at radius 2 is 2.03 bits per heavy atom. The maximum atomic E-state index is 12.8. The Bertz CT molecular complexity index is 1070. The van der Waals surface area contributed by atoms with Crippen molar-refractivity contribution in [2.24, 2.45) is 5.92 Å². The second kappa shape index (κ2) is 9.60. The number of hydrogen-bond donors (Lipinski definition) is 1. The van der Waals surface area contributed by atoms with Crippen molar-refractivity contribution in [3.05, 3.63) is 47.3 Å². The Morgan fingerprint density at radius 3 is 2.81 bits per heavy atom. The van der Waals surface area contributed by atoms with E-state index < -0.39 is 28.0 Å². The van der Waals surface area contributed by atoms with Crippen molar-refractivity contribution in [1.82, 2.24) is 9.62 Å². The number of carbonyl (C=O) groups is 2. The van der Waals surface area contributed by atoms with Gasteiger partial charge in [0, 0.05) is 25.1 Å². The molecule has 1 fully saturated rings. The van der Waals surface area contributed by atoms with Gasteiger partial charge in [0.05, 0.1) is 18.6 Å². The van der Waals surface area contributed by atoms with E-state index in [0.717, 1.165) is 22.6 Å². The predicted molar refractivity (Wildman–Crippen MR) is 119 cm³/mol. The van der Waals surface area contributed by atoms with E-state index in [1.807, 2.05) is 24.3 Å². The van der Waals surface area contributed by atoms with Crippen molar-refractivity contribution in [1.29, 1.82) is 0 Å². The van der Waals surface area contributed by atoms with E-state index in [-0.39, 0.29) is 22.7 Å². The van der Waals surface area contributed by atoms with Crippen LogP contribution in [-0.4, -0.2) is 50.4 Å². The number of esters is 1. The van der Waals surface area contributed by atoms with Gasteiger partial charge >= 0.3 is 5.97 Å². The Balaban J connectivity index is 1.35. The molecule has 0 radical (unpaired) electrons. The monoisotopic (exact) mass is 478 g/mol. The quantitative estimate of drug-likeness (QED) is 0.641. The zero-order chi connectivity index (χ0) is 22.7. The lowest BCUT2D eigenvalue weighted by atomic mass is 9.99. The zero-order valence-corrected chi connectivity index (χ0v) is 19.4. The van der Waals surface area contributed by atoms with E-state index in [1.165, 1.54) is 11.2 Å². The van der Waals surface area contributed by atoms with Crippen molar-refractivity contribution >= 4 is 33.2 Å². The molecule has 2 aliphatic heterocycles. The van der Waals surface area contributed by atoms with E-state index in [0.29, 0.717) is 32.4 Å². The van der Waals surface area contributed by atoms with Crippen molar-refractivity contribution in [2.45, 2.75) is 42.5 Å². The summed E-state index contributed by atoms with van der Waals surface area (Å²) in [5.74, 6) is -0.800.